The molecule has 100 valence electrons. The van der Waals surface area contributed by atoms with Crippen molar-refractivity contribution in [2.45, 2.75) is 12.8 Å². The second-order valence-electron chi connectivity index (χ2n) is 4.38. The van der Waals surface area contributed by atoms with Gasteiger partial charge in [-0.05, 0) is 58.8 Å². The van der Waals surface area contributed by atoms with Gasteiger partial charge in [0.2, 0.25) is 11.7 Å². The second kappa shape index (κ2) is 6.13. The van der Waals surface area contributed by atoms with E-state index in [1.54, 1.807) is 12.4 Å². The van der Waals surface area contributed by atoms with Crippen molar-refractivity contribution in [2.75, 3.05) is 0 Å². The van der Waals surface area contributed by atoms with Gasteiger partial charge < -0.3 is 4.52 Å². The summed E-state index contributed by atoms with van der Waals surface area (Å²) in [7, 11) is 0. The molecule has 0 atom stereocenters. The summed E-state index contributed by atoms with van der Waals surface area (Å²) in [5, 5.41) is 4.04. The zero-order valence-electron chi connectivity index (χ0n) is 10.7. The number of hydrogen-bond donors (Lipinski definition) is 0. The maximum atomic E-state index is 5.30. The molecule has 3 aromatic rings. The highest BCUT2D eigenvalue weighted by Gasteiger charge is 2.08. The van der Waals surface area contributed by atoms with Crippen LogP contribution in [0.5, 0.6) is 0 Å². The predicted octanol–water partition coefficient (Wildman–Crippen LogP) is 3.52. The molecule has 0 aliphatic carbocycles. The number of pyridine rings is 1. The maximum Gasteiger partial charge on any atom is 0.227 e. The monoisotopic (exact) mass is 377 g/mol. The molecule has 0 saturated heterocycles. The van der Waals surface area contributed by atoms with Crippen LogP contribution < -0.4 is 0 Å². The fourth-order valence-corrected chi connectivity index (χ4v) is 2.45. The summed E-state index contributed by atoms with van der Waals surface area (Å²) in [6.45, 7) is 0. The lowest BCUT2D eigenvalue weighted by atomic mass is 10.1. The first kappa shape index (κ1) is 13.2. The highest BCUT2D eigenvalue weighted by molar-refractivity contribution is 14.1. The van der Waals surface area contributed by atoms with Crippen molar-refractivity contribution < 1.29 is 4.52 Å². The third kappa shape index (κ3) is 3.22. The van der Waals surface area contributed by atoms with Gasteiger partial charge in [0, 0.05) is 27.9 Å². The lowest BCUT2D eigenvalue weighted by molar-refractivity contribution is 0.379. The molecule has 2 aromatic heterocycles. The van der Waals surface area contributed by atoms with Gasteiger partial charge in [0.05, 0.1) is 0 Å². The van der Waals surface area contributed by atoms with E-state index >= 15 is 0 Å². The fourth-order valence-electron chi connectivity index (χ4n) is 1.90. The molecule has 0 aliphatic heterocycles. The number of benzene rings is 1. The summed E-state index contributed by atoms with van der Waals surface area (Å²) in [6, 6.07) is 12.0. The Balaban J connectivity index is 1.71. The van der Waals surface area contributed by atoms with Crippen molar-refractivity contribution in [3.05, 3.63) is 63.8 Å². The number of hydrogen-bond acceptors (Lipinski definition) is 4. The molecule has 0 unspecified atom stereocenters. The van der Waals surface area contributed by atoms with Crippen LogP contribution in [0.15, 0.2) is 53.3 Å². The average molecular weight is 377 g/mol. The number of rotatable bonds is 4. The standard InChI is InChI=1S/C15H12IN3O/c16-13-3-1-2-12(10-13)15-18-14(20-19-15)5-4-11-6-8-17-9-7-11/h1-3,6-10H,4-5H2. The van der Waals surface area contributed by atoms with E-state index < -0.39 is 0 Å². The van der Waals surface area contributed by atoms with Crippen molar-refractivity contribution in [3.8, 4) is 11.4 Å². The number of halogens is 1. The molecular weight excluding hydrogens is 365 g/mol. The Labute approximate surface area is 130 Å². The molecule has 4 nitrogen and oxygen atoms in total. The molecule has 3 rings (SSSR count). The lowest BCUT2D eigenvalue weighted by Gasteiger charge is -1.96. The molecule has 0 radical (unpaired) electrons. The van der Waals surface area contributed by atoms with Gasteiger partial charge in [-0.1, -0.05) is 17.3 Å². The average Bonchev–Trinajstić information content (AvgIpc) is 2.95. The highest BCUT2D eigenvalue weighted by Crippen LogP contribution is 2.18. The van der Waals surface area contributed by atoms with Crippen LogP contribution in [-0.2, 0) is 12.8 Å². The van der Waals surface area contributed by atoms with E-state index in [1.165, 1.54) is 5.56 Å². The molecule has 0 N–H and O–H groups in total. The van der Waals surface area contributed by atoms with Gasteiger partial charge in [0.1, 0.15) is 0 Å². The predicted molar refractivity (Wildman–Crippen MR) is 84.1 cm³/mol. The van der Waals surface area contributed by atoms with E-state index in [2.05, 4.69) is 37.7 Å². The normalized spacial score (nSPS) is 10.7. The number of nitrogens with zero attached hydrogens (tertiary/aromatic N) is 3. The highest BCUT2D eigenvalue weighted by atomic mass is 127. The van der Waals surface area contributed by atoms with Crippen LogP contribution in [-0.4, -0.2) is 15.1 Å². The Hall–Kier alpha value is -1.76. The molecule has 5 heteroatoms. The van der Waals surface area contributed by atoms with E-state index in [9.17, 15) is 0 Å². The first-order valence-corrected chi connectivity index (χ1v) is 7.36. The van der Waals surface area contributed by atoms with Gasteiger partial charge in [-0.25, -0.2) is 0 Å². The van der Waals surface area contributed by atoms with Crippen LogP contribution in [0.3, 0.4) is 0 Å². The van der Waals surface area contributed by atoms with Crippen molar-refractivity contribution in [3.63, 3.8) is 0 Å². The molecule has 0 fully saturated rings. The third-order valence-electron chi connectivity index (χ3n) is 2.93. The van der Waals surface area contributed by atoms with E-state index in [0.717, 1.165) is 22.0 Å². The number of aromatic nitrogens is 3. The summed E-state index contributed by atoms with van der Waals surface area (Å²) in [5.74, 6) is 1.31. The summed E-state index contributed by atoms with van der Waals surface area (Å²) < 4.78 is 6.46. The smallest absolute Gasteiger partial charge is 0.227 e. The van der Waals surface area contributed by atoms with Crippen LogP contribution in [0.4, 0.5) is 0 Å². The van der Waals surface area contributed by atoms with Gasteiger partial charge in [-0.2, -0.15) is 4.98 Å². The molecule has 20 heavy (non-hydrogen) atoms. The zero-order valence-corrected chi connectivity index (χ0v) is 12.8. The fraction of sp³-hybridized carbons (Fsp3) is 0.133. The summed E-state index contributed by atoms with van der Waals surface area (Å²) >= 11 is 2.27. The maximum absolute atomic E-state index is 5.30. The van der Waals surface area contributed by atoms with Gasteiger partial charge in [0.15, 0.2) is 0 Å². The first-order chi connectivity index (χ1) is 9.81. The Morgan fingerprint density at radius 1 is 1.05 bits per heavy atom. The van der Waals surface area contributed by atoms with Gasteiger partial charge in [-0.3, -0.25) is 4.98 Å². The molecule has 0 aliphatic rings. The molecule has 2 heterocycles. The topological polar surface area (TPSA) is 51.8 Å². The quantitative estimate of drug-likeness (QED) is 0.653. The SMILES string of the molecule is Ic1cccc(-c2noc(CCc3ccncc3)n2)c1. The summed E-state index contributed by atoms with van der Waals surface area (Å²) in [5.41, 5.74) is 2.20. The lowest BCUT2D eigenvalue weighted by Crippen LogP contribution is -1.91. The first-order valence-electron chi connectivity index (χ1n) is 6.29. The molecule has 1 aromatic carbocycles. The largest absolute Gasteiger partial charge is 0.339 e. The molecule has 0 saturated carbocycles. The Morgan fingerprint density at radius 2 is 1.90 bits per heavy atom. The van der Waals surface area contributed by atoms with Crippen LogP contribution in [0, 0.1) is 3.57 Å². The van der Waals surface area contributed by atoms with Crippen molar-refractivity contribution in [1.29, 1.82) is 0 Å². The van der Waals surface area contributed by atoms with E-state index in [-0.39, 0.29) is 0 Å². The van der Waals surface area contributed by atoms with E-state index in [0.29, 0.717) is 11.7 Å². The Kier molecular flexibility index (Phi) is 4.05. The molecule has 0 spiro atoms. The number of aryl methyl sites for hydroxylation is 2. The van der Waals surface area contributed by atoms with Crippen LogP contribution in [0.1, 0.15) is 11.5 Å². The second-order valence-corrected chi connectivity index (χ2v) is 5.62. The molecular formula is C15H12IN3O. The van der Waals surface area contributed by atoms with Crippen molar-refractivity contribution >= 4 is 22.6 Å². The van der Waals surface area contributed by atoms with Crippen molar-refractivity contribution in [2.24, 2.45) is 0 Å². The minimum Gasteiger partial charge on any atom is -0.339 e. The minimum atomic E-state index is 0.647. The Bertz CT molecular complexity index is 697. The van der Waals surface area contributed by atoms with Crippen LogP contribution >= 0.6 is 22.6 Å². The van der Waals surface area contributed by atoms with E-state index in [4.69, 9.17) is 4.52 Å². The Morgan fingerprint density at radius 3 is 2.70 bits per heavy atom. The third-order valence-corrected chi connectivity index (χ3v) is 3.60. The van der Waals surface area contributed by atoms with Crippen molar-refractivity contribution in [1.82, 2.24) is 15.1 Å². The van der Waals surface area contributed by atoms with Gasteiger partial charge in [-0.15, -0.1) is 0 Å². The molecule has 0 bridgehead atoms. The van der Waals surface area contributed by atoms with Gasteiger partial charge >= 0.3 is 0 Å². The zero-order chi connectivity index (χ0) is 13.8. The minimum absolute atomic E-state index is 0.647. The van der Waals surface area contributed by atoms with E-state index in [1.807, 2.05) is 36.4 Å². The van der Waals surface area contributed by atoms with Crippen LogP contribution in [0.2, 0.25) is 0 Å². The van der Waals surface area contributed by atoms with Gasteiger partial charge in [0.25, 0.3) is 0 Å². The van der Waals surface area contributed by atoms with Crippen LogP contribution in [0.25, 0.3) is 11.4 Å². The molecule has 0 amide bonds. The summed E-state index contributed by atoms with van der Waals surface area (Å²) in [4.78, 5) is 8.44. The summed E-state index contributed by atoms with van der Waals surface area (Å²) in [6.07, 6.45) is 5.19.